The Kier molecular flexibility index (Phi) is 6.92. The van der Waals surface area contributed by atoms with Crippen LogP contribution in [0.2, 0.25) is 5.15 Å². The molecule has 31 heavy (non-hydrogen) atoms. The number of benzene rings is 1. The Morgan fingerprint density at radius 2 is 1.97 bits per heavy atom. The van der Waals surface area contributed by atoms with E-state index in [0.717, 1.165) is 56.6 Å². The fourth-order valence-electron chi connectivity index (χ4n) is 4.84. The van der Waals surface area contributed by atoms with Crippen molar-refractivity contribution in [3.8, 4) is 0 Å². The number of piperidine rings is 1. The predicted molar refractivity (Wildman–Crippen MR) is 128 cm³/mol. The van der Waals surface area contributed by atoms with Crippen molar-refractivity contribution in [2.24, 2.45) is 5.92 Å². The molecule has 166 valence electrons. The lowest BCUT2D eigenvalue weighted by atomic mass is 9.79. The maximum absolute atomic E-state index is 13.4. The van der Waals surface area contributed by atoms with E-state index >= 15 is 0 Å². The number of hydrogen-bond donors (Lipinski definition) is 2. The molecular weight excluding hydrogens is 433 g/mol. The van der Waals surface area contributed by atoms with Gasteiger partial charge < -0.3 is 15.5 Å². The lowest BCUT2D eigenvalue weighted by Crippen LogP contribution is -2.41. The van der Waals surface area contributed by atoms with Crippen molar-refractivity contribution >= 4 is 40.7 Å². The van der Waals surface area contributed by atoms with Crippen molar-refractivity contribution in [3.63, 3.8) is 0 Å². The normalized spacial score (nSPS) is 20.5. The highest BCUT2D eigenvalue weighted by Gasteiger charge is 2.35. The first kappa shape index (κ1) is 22.2. The van der Waals surface area contributed by atoms with E-state index in [-0.39, 0.29) is 11.2 Å². The summed E-state index contributed by atoms with van der Waals surface area (Å²) in [6, 6.07) is 8.67. The van der Waals surface area contributed by atoms with Crippen molar-refractivity contribution in [3.05, 3.63) is 46.9 Å². The minimum atomic E-state index is -0.209. The van der Waals surface area contributed by atoms with Gasteiger partial charge in [0.1, 0.15) is 16.8 Å². The lowest BCUT2D eigenvalue weighted by Gasteiger charge is -2.32. The molecular formula is C23H29ClFN5S. The molecule has 8 heteroatoms. The molecule has 1 aromatic carbocycles. The highest BCUT2D eigenvalue weighted by Crippen LogP contribution is 2.40. The molecule has 1 atom stereocenters. The fraction of sp³-hybridized carbons (Fsp3) is 0.522. The maximum atomic E-state index is 13.4. The second kappa shape index (κ2) is 9.65. The van der Waals surface area contributed by atoms with Crippen LogP contribution in [-0.2, 0) is 5.41 Å². The molecule has 0 radical (unpaired) electrons. The van der Waals surface area contributed by atoms with Crippen LogP contribution in [0.1, 0.15) is 51.0 Å². The van der Waals surface area contributed by atoms with E-state index in [4.69, 9.17) is 23.8 Å². The van der Waals surface area contributed by atoms with Crippen LogP contribution in [0.3, 0.4) is 0 Å². The first-order valence-corrected chi connectivity index (χ1v) is 11.8. The van der Waals surface area contributed by atoms with Gasteiger partial charge in [-0.15, -0.1) is 0 Å². The Bertz CT molecular complexity index is 917. The van der Waals surface area contributed by atoms with E-state index < -0.39 is 0 Å². The smallest absolute Gasteiger partial charge is 0.232 e. The monoisotopic (exact) mass is 461 g/mol. The molecule has 0 spiro atoms. The molecule has 0 bridgehead atoms. The quantitative estimate of drug-likeness (QED) is 0.465. The molecule has 2 aliphatic rings. The van der Waals surface area contributed by atoms with Crippen molar-refractivity contribution in [2.75, 3.05) is 29.9 Å². The molecule has 4 rings (SSSR count). The molecule has 2 aromatic rings. The van der Waals surface area contributed by atoms with Gasteiger partial charge in [0.25, 0.3) is 0 Å². The molecule has 1 aliphatic heterocycles. The summed E-state index contributed by atoms with van der Waals surface area (Å²) >= 11 is 11.8. The molecule has 1 aliphatic carbocycles. The summed E-state index contributed by atoms with van der Waals surface area (Å²) in [5, 5.41) is 7.31. The zero-order valence-corrected chi connectivity index (χ0v) is 19.4. The highest BCUT2D eigenvalue weighted by molar-refractivity contribution is 7.80. The van der Waals surface area contributed by atoms with E-state index in [1.807, 2.05) is 18.2 Å². The zero-order valence-electron chi connectivity index (χ0n) is 17.8. The summed E-state index contributed by atoms with van der Waals surface area (Å²) in [5.74, 6) is 1.66. The fourth-order valence-corrected chi connectivity index (χ4v) is 5.18. The summed E-state index contributed by atoms with van der Waals surface area (Å²) in [6.07, 6.45) is 6.82. The van der Waals surface area contributed by atoms with Crippen LogP contribution in [0.15, 0.2) is 30.3 Å². The molecule has 2 fully saturated rings. The van der Waals surface area contributed by atoms with Gasteiger partial charge in [-0.05, 0) is 61.5 Å². The minimum absolute atomic E-state index is 0.0380. The van der Waals surface area contributed by atoms with Gasteiger partial charge in [0.2, 0.25) is 5.95 Å². The van der Waals surface area contributed by atoms with Gasteiger partial charge in [-0.25, -0.2) is 9.37 Å². The second-order valence-corrected chi connectivity index (χ2v) is 9.66. The number of nitrogens with zero attached hydrogens (tertiary/aromatic N) is 3. The van der Waals surface area contributed by atoms with Gasteiger partial charge in [0.05, 0.1) is 0 Å². The van der Waals surface area contributed by atoms with Crippen LogP contribution in [0.5, 0.6) is 0 Å². The van der Waals surface area contributed by atoms with Crippen molar-refractivity contribution in [2.45, 2.75) is 50.9 Å². The number of thiocarbonyl (C=S) groups is 1. The Labute approximate surface area is 193 Å². The first-order valence-electron chi connectivity index (χ1n) is 11.0. The van der Waals surface area contributed by atoms with Crippen LogP contribution in [-0.4, -0.2) is 34.7 Å². The van der Waals surface area contributed by atoms with Gasteiger partial charge in [0, 0.05) is 31.1 Å². The predicted octanol–water partition coefficient (Wildman–Crippen LogP) is 5.30. The largest absolute Gasteiger partial charge is 0.361 e. The van der Waals surface area contributed by atoms with Gasteiger partial charge in [-0.1, -0.05) is 43.5 Å². The topological polar surface area (TPSA) is 53.1 Å². The average Bonchev–Trinajstić information content (AvgIpc) is 3.22. The summed E-state index contributed by atoms with van der Waals surface area (Å²) in [6.45, 7) is 4.88. The van der Waals surface area contributed by atoms with Crippen LogP contribution < -0.4 is 15.5 Å². The summed E-state index contributed by atoms with van der Waals surface area (Å²) < 4.78 is 13.4. The van der Waals surface area contributed by atoms with Gasteiger partial charge in [-0.2, -0.15) is 4.98 Å². The first-order chi connectivity index (χ1) is 14.9. The number of halogens is 2. The van der Waals surface area contributed by atoms with Crippen molar-refractivity contribution in [1.82, 2.24) is 15.3 Å². The third kappa shape index (κ3) is 5.44. The van der Waals surface area contributed by atoms with E-state index in [2.05, 4.69) is 32.4 Å². The standard InChI is InChI=1S/C23H29ClFN5S/c1-16-5-4-12-30(14-16)20-13-19(24)27-21(28-20)29-22(31)26-15-23(10-2-3-11-23)17-6-8-18(25)9-7-17/h6-9,13,16H,2-5,10-12,14-15H2,1H3,(H2,26,27,28,29,31). The van der Waals surface area contributed by atoms with Crippen molar-refractivity contribution in [1.29, 1.82) is 0 Å². The highest BCUT2D eigenvalue weighted by atomic mass is 35.5. The molecule has 1 unspecified atom stereocenters. The van der Waals surface area contributed by atoms with Crippen LogP contribution in [0.25, 0.3) is 0 Å². The number of nitrogens with one attached hydrogen (secondary N) is 2. The molecule has 0 amide bonds. The SMILES string of the molecule is CC1CCCN(c2cc(Cl)nc(NC(=S)NCC3(c4ccc(F)cc4)CCCC3)n2)C1. The molecule has 1 aromatic heterocycles. The molecule has 5 nitrogen and oxygen atoms in total. The Balaban J connectivity index is 1.42. The number of anilines is 2. The maximum Gasteiger partial charge on any atom is 0.232 e. The summed E-state index contributed by atoms with van der Waals surface area (Å²) in [4.78, 5) is 11.2. The van der Waals surface area contributed by atoms with Gasteiger partial charge in [0.15, 0.2) is 5.11 Å². The van der Waals surface area contributed by atoms with E-state index in [1.165, 1.54) is 18.6 Å². The molecule has 1 saturated carbocycles. The Morgan fingerprint density at radius 3 is 2.68 bits per heavy atom. The average molecular weight is 462 g/mol. The van der Waals surface area contributed by atoms with E-state index in [0.29, 0.717) is 28.7 Å². The van der Waals surface area contributed by atoms with Gasteiger partial charge >= 0.3 is 0 Å². The summed E-state index contributed by atoms with van der Waals surface area (Å²) in [7, 11) is 0. The van der Waals surface area contributed by atoms with Crippen molar-refractivity contribution < 1.29 is 4.39 Å². The molecule has 2 heterocycles. The van der Waals surface area contributed by atoms with Crippen LogP contribution >= 0.6 is 23.8 Å². The Morgan fingerprint density at radius 1 is 1.23 bits per heavy atom. The summed E-state index contributed by atoms with van der Waals surface area (Å²) in [5.41, 5.74) is 1.12. The second-order valence-electron chi connectivity index (χ2n) is 8.87. The van der Waals surface area contributed by atoms with E-state index in [1.54, 1.807) is 0 Å². The van der Waals surface area contributed by atoms with E-state index in [9.17, 15) is 4.39 Å². The number of hydrogen-bond acceptors (Lipinski definition) is 4. The molecule has 1 saturated heterocycles. The third-order valence-corrected chi connectivity index (χ3v) is 6.93. The number of rotatable bonds is 5. The minimum Gasteiger partial charge on any atom is -0.361 e. The molecule has 2 N–H and O–H groups in total. The zero-order chi connectivity index (χ0) is 21.8. The number of aromatic nitrogens is 2. The van der Waals surface area contributed by atoms with Crippen LogP contribution in [0.4, 0.5) is 16.2 Å². The Hall–Kier alpha value is -1.99. The van der Waals surface area contributed by atoms with Gasteiger partial charge in [-0.3, -0.25) is 0 Å². The third-order valence-electron chi connectivity index (χ3n) is 6.49. The van der Waals surface area contributed by atoms with Crippen LogP contribution in [0, 0.1) is 11.7 Å². The lowest BCUT2D eigenvalue weighted by molar-refractivity contribution is 0.434.